The van der Waals surface area contributed by atoms with Gasteiger partial charge in [0, 0.05) is 17.8 Å². The number of nitrogens with one attached hydrogen (secondary N) is 5. The number of rotatable bonds is 9. The first-order valence-electron chi connectivity index (χ1n) is 9.71. The van der Waals surface area contributed by atoms with Crippen molar-refractivity contribution in [3.63, 3.8) is 0 Å². The van der Waals surface area contributed by atoms with Gasteiger partial charge in [-0.05, 0) is 30.3 Å². The van der Waals surface area contributed by atoms with Crippen molar-refractivity contribution in [3.8, 4) is 0 Å². The Morgan fingerprint density at radius 3 is 2.29 bits per heavy atom. The summed E-state index contributed by atoms with van der Waals surface area (Å²) in [6, 6.07) is 9.41. The van der Waals surface area contributed by atoms with Crippen LogP contribution in [0.1, 0.15) is 20.7 Å². The van der Waals surface area contributed by atoms with Gasteiger partial charge in [-0.3, -0.25) is 19.8 Å². The zero-order valence-corrected chi connectivity index (χ0v) is 19.4. The van der Waals surface area contributed by atoms with E-state index in [0.717, 1.165) is 7.11 Å². The van der Waals surface area contributed by atoms with Gasteiger partial charge in [0.15, 0.2) is 5.96 Å². The van der Waals surface area contributed by atoms with E-state index in [9.17, 15) is 19.2 Å². The molecule has 0 spiro atoms. The second kappa shape index (κ2) is 12.4. The largest absolute Gasteiger partial charge is 0.467 e. The second-order valence-electron chi connectivity index (χ2n) is 6.75. The lowest BCUT2D eigenvalue weighted by Crippen LogP contribution is -2.50. The maximum atomic E-state index is 12.5. The lowest BCUT2D eigenvalue weighted by molar-refractivity contribution is -0.142. The number of amides is 3. The summed E-state index contributed by atoms with van der Waals surface area (Å²) < 4.78 is 4.67. The van der Waals surface area contributed by atoms with E-state index in [1.165, 1.54) is 24.3 Å². The molecule has 0 aliphatic carbocycles. The quantitative estimate of drug-likeness (QED) is 0.167. The van der Waals surface area contributed by atoms with Gasteiger partial charge in [0.25, 0.3) is 11.8 Å². The van der Waals surface area contributed by atoms with Crippen LogP contribution < -0.4 is 27.0 Å². The number of carbonyl (C=O) groups excluding carboxylic acids is 4. The van der Waals surface area contributed by atoms with Crippen LogP contribution in [0.4, 0.5) is 5.69 Å². The molecule has 2 aromatic carbocycles. The summed E-state index contributed by atoms with van der Waals surface area (Å²) in [7, 11) is 1.13. The number of halogens is 2. The first kappa shape index (κ1) is 26.4. The predicted molar refractivity (Wildman–Crippen MR) is 127 cm³/mol. The van der Waals surface area contributed by atoms with Gasteiger partial charge in [0.1, 0.15) is 6.04 Å². The highest BCUT2D eigenvalue weighted by Crippen LogP contribution is 2.24. The minimum atomic E-state index is -1.24. The van der Waals surface area contributed by atoms with Gasteiger partial charge in [-0.15, -0.1) is 0 Å². The van der Waals surface area contributed by atoms with E-state index in [2.05, 4.69) is 26.0 Å². The molecule has 0 bridgehead atoms. The minimum absolute atomic E-state index is 0.0279. The summed E-state index contributed by atoms with van der Waals surface area (Å²) in [6.07, 6.45) is 0. The van der Waals surface area contributed by atoms with Crippen LogP contribution in [0.5, 0.6) is 0 Å². The van der Waals surface area contributed by atoms with Crippen LogP contribution in [0, 0.1) is 5.41 Å². The topological polar surface area (TPSA) is 176 Å². The van der Waals surface area contributed by atoms with Crippen molar-refractivity contribution in [2.45, 2.75) is 6.04 Å². The SMILES string of the molecule is COC(=O)C(CNC(=O)CNC(=O)c1cccc(NC(=N)N)c1)NC(=O)c1c(Cl)cccc1Cl. The summed E-state index contributed by atoms with van der Waals surface area (Å²) in [6.45, 7) is -0.714. The molecule has 1 atom stereocenters. The molecule has 0 fully saturated rings. The van der Waals surface area contributed by atoms with E-state index >= 15 is 0 Å². The Bertz CT molecular complexity index is 1090. The smallest absolute Gasteiger partial charge is 0.330 e. The van der Waals surface area contributed by atoms with E-state index in [0.29, 0.717) is 5.69 Å². The molecule has 34 heavy (non-hydrogen) atoms. The lowest BCUT2D eigenvalue weighted by Gasteiger charge is -2.18. The first-order valence-corrected chi connectivity index (χ1v) is 10.5. The Balaban J connectivity index is 1.94. The molecule has 2 rings (SSSR count). The fourth-order valence-corrected chi connectivity index (χ4v) is 3.28. The molecule has 0 heterocycles. The number of guanidine groups is 1. The molecule has 2 aromatic rings. The van der Waals surface area contributed by atoms with Gasteiger partial charge in [0.2, 0.25) is 5.91 Å². The molecule has 0 radical (unpaired) electrons. The minimum Gasteiger partial charge on any atom is -0.467 e. The summed E-state index contributed by atoms with van der Waals surface area (Å²) in [4.78, 5) is 49.1. The van der Waals surface area contributed by atoms with Gasteiger partial charge in [-0.1, -0.05) is 35.3 Å². The van der Waals surface area contributed by atoms with Crippen LogP contribution in [0.3, 0.4) is 0 Å². The van der Waals surface area contributed by atoms with Crippen molar-refractivity contribution in [1.82, 2.24) is 16.0 Å². The van der Waals surface area contributed by atoms with E-state index in [1.54, 1.807) is 18.2 Å². The van der Waals surface area contributed by atoms with Gasteiger partial charge in [-0.25, -0.2) is 4.79 Å². The van der Waals surface area contributed by atoms with Gasteiger partial charge >= 0.3 is 5.97 Å². The molecule has 0 aliphatic rings. The highest BCUT2D eigenvalue weighted by molar-refractivity contribution is 6.39. The molecule has 180 valence electrons. The van der Waals surface area contributed by atoms with E-state index < -0.39 is 36.3 Å². The summed E-state index contributed by atoms with van der Waals surface area (Å²) in [5.74, 6) is -3.00. The molecule has 0 aromatic heterocycles. The van der Waals surface area contributed by atoms with Crippen LogP contribution in [0.2, 0.25) is 10.0 Å². The Hall–Kier alpha value is -3.83. The Morgan fingerprint density at radius 2 is 1.68 bits per heavy atom. The van der Waals surface area contributed by atoms with E-state index in [1.807, 2.05) is 0 Å². The van der Waals surface area contributed by atoms with Crippen molar-refractivity contribution < 1.29 is 23.9 Å². The predicted octanol–water partition coefficient (Wildman–Crippen LogP) is 1.12. The zero-order valence-electron chi connectivity index (χ0n) is 17.9. The van der Waals surface area contributed by atoms with E-state index in [-0.39, 0.29) is 33.7 Å². The number of carbonyl (C=O) groups is 4. The number of hydrogen-bond donors (Lipinski definition) is 6. The monoisotopic (exact) mass is 508 g/mol. The van der Waals surface area contributed by atoms with E-state index in [4.69, 9.17) is 34.3 Å². The van der Waals surface area contributed by atoms with Crippen molar-refractivity contribution in [1.29, 1.82) is 5.41 Å². The number of ether oxygens (including phenoxy) is 1. The lowest BCUT2D eigenvalue weighted by atomic mass is 10.2. The van der Waals surface area contributed by atoms with Gasteiger partial charge < -0.3 is 31.7 Å². The molecule has 0 saturated carbocycles. The molecule has 13 heteroatoms. The molecule has 0 aliphatic heterocycles. The van der Waals surface area contributed by atoms with Crippen LogP contribution >= 0.6 is 23.2 Å². The number of methoxy groups -OCH3 is 1. The molecular weight excluding hydrogens is 487 g/mol. The van der Waals surface area contributed by atoms with Crippen LogP contribution in [0.15, 0.2) is 42.5 Å². The average molecular weight is 509 g/mol. The number of anilines is 1. The van der Waals surface area contributed by atoms with Crippen LogP contribution in [0.25, 0.3) is 0 Å². The normalized spacial score (nSPS) is 11.0. The standard InChI is InChI=1S/C21H22Cl2N6O5/c1-34-20(33)15(29-19(32)17-13(22)6-3-7-14(17)23)9-26-16(30)10-27-18(31)11-4-2-5-12(8-11)28-21(24)25/h2-8,15H,9-10H2,1H3,(H,26,30)(H,27,31)(H,29,32)(H4,24,25,28). The Morgan fingerprint density at radius 1 is 1.03 bits per heavy atom. The molecule has 3 amide bonds. The molecular formula is C21H22Cl2N6O5. The molecule has 1 unspecified atom stereocenters. The summed E-state index contributed by atoms with van der Waals surface area (Å²) in [5.41, 5.74) is 5.90. The Kier molecular flexibility index (Phi) is 9.65. The highest BCUT2D eigenvalue weighted by Gasteiger charge is 2.25. The average Bonchev–Trinajstić information content (AvgIpc) is 2.79. The molecule has 7 N–H and O–H groups in total. The van der Waals surface area contributed by atoms with Crippen molar-refractivity contribution >= 4 is 58.5 Å². The fraction of sp³-hybridized carbons (Fsp3) is 0.190. The van der Waals surface area contributed by atoms with Gasteiger partial charge in [-0.2, -0.15) is 0 Å². The maximum absolute atomic E-state index is 12.5. The van der Waals surface area contributed by atoms with Crippen LogP contribution in [-0.2, 0) is 14.3 Å². The van der Waals surface area contributed by atoms with Crippen LogP contribution in [-0.4, -0.2) is 55.9 Å². The Labute approximate surface area is 204 Å². The molecule has 0 saturated heterocycles. The summed E-state index contributed by atoms with van der Waals surface area (Å²) in [5, 5.41) is 17.2. The van der Waals surface area contributed by atoms with Crippen molar-refractivity contribution in [3.05, 3.63) is 63.6 Å². The van der Waals surface area contributed by atoms with Gasteiger partial charge in [0.05, 0.1) is 29.3 Å². The maximum Gasteiger partial charge on any atom is 0.330 e. The number of esters is 1. The summed E-state index contributed by atoms with van der Waals surface area (Å²) >= 11 is 12.0. The fourth-order valence-electron chi connectivity index (χ4n) is 2.72. The number of hydrogen-bond acceptors (Lipinski definition) is 6. The molecule has 11 nitrogen and oxygen atoms in total. The highest BCUT2D eigenvalue weighted by atomic mass is 35.5. The van der Waals surface area contributed by atoms with Crippen molar-refractivity contribution in [2.24, 2.45) is 5.73 Å². The third-order valence-electron chi connectivity index (χ3n) is 4.30. The first-order chi connectivity index (χ1) is 16.1. The third kappa shape index (κ3) is 7.64. The number of nitrogens with two attached hydrogens (primary N) is 1. The second-order valence-corrected chi connectivity index (χ2v) is 7.57. The van der Waals surface area contributed by atoms with Crippen molar-refractivity contribution in [2.75, 3.05) is 25.5 Å². The third-order valence-corrected chi connectivity index (χ3v) is 4.93. The zero-order chi connectivity index (χ0) is 25.3. The number of benzene rings is 2.